The summed E-state index contributed by atoms with van der Waals surface area (Å²) in [5.41, 5.74) is 7.29. The first-order valence-electron chi connectivity index (χ1n) is 9.33. The molecule has 0 aromatic heterocycles. The van der Waals surface area contributed by atoms with Gasteiger partial charge in [-0.15, -0.1) is 0 Å². The van der Waals surface area contributed by atoms with E-state index in [4.69, 9.17) is 14.3 Å². The predicted octanol–water partition coefficient (Wildman–Crippen LogP) is 3.57. The molecule has 4 rings (SSSR count). The minimum Gasteiger partial charge on any atom is -0.497 e. The number of rotatable bonds is 8. The van der Waals surface area contributed by atoms with Gasteiger partial charge in [0.05, 0.1) is 19.4 Å². The summed E-state index contributed by atoms with van der Waals surface area (Å²) in [6, 6.07) is 16.2. The SMILES string of the molecule is COc1ccc(C23CC2=C(NOCCCN(C)C)c2ccccc2O3)cc1. The van der Waals surface area contributed by atoms with Gasteiger partial charge in [-0.25, -0.2) is 0 Å². The topological polar surface area (TPSA) is 43.0 Å². The van der Waals surface area contributed by atoms with E-state index < -0.39 is 5.60 Å². The highest BCUT2D eigenvalue weighted by Crippen LogP contribution is 2.61. The van der Waals surface area contributed by atoms with Gasteiger partial charge in [-0.05, 0) is 51.3 Å². The monoisotopic (exact) mass is 366 g/mol. The number of benzene rings is 2. The molecule has 1 aliphatic carbocycles. The van der Waals surface area contributed by atoms with E-state index in [-0.39, 0.29) is 0 Å². The van der Waals surface area contributed by atoms with Crippen molar-refractivity contribution < 1.29 is 14.3 Å². The second-order valence-electron chi connectivity index (χ2n) is 7.29. The van der Waals surface area contributed by atoms with Gasteiger partial charge in [-0.3, -0.25) is 10.3 Å². The molecule has 0 bridgehead atoms. The van der Waals surface area contributed by atoms with Crippen molar-refractivity contribution in [3.63, 3.8) is 0 Å². The fourth-order valence-corrected chi connectivity index (χ4v) is 3.59. The first-order valence-corrected chi connectivity index (χ1v) is 9.33. The van der Waals surface area contributed by atoms with Crippen LogP contribution in [0.1, 0.15) is 24.0 Å². The lowest BCUT2D eigenvalue weighted by atomic mass is 10.0. The molecule has 1 heterocycles. The Bertz CT molecular complexity index is 845. The van der Waals surface area contributed by atoms with Crippen LogP contribution >= 0.6 is 0 Å². The van der Waals surface area contributed by atoms with E-state index in [2.05, 4.69) is 42.7 Å². The van der Waals surface area contributed by atoms with Crippen molar-refractivity contribution >= 4 is 5.70 Å². The summed E-state index contributed by atoms with van der Waals surface area (Å²) in [5.74, 6) is 1.73. The molecule has 27 heavy (non-hydrogen) atoms. The van der Waals surface area contributed by atoms with Crippen LogP contribution in [-0.2, 0) is 10.4 Å². The van der Waals surface area contributed by atoms with Crippen LogP contribution in [0.25, 0.3) is 5.70 Å². The Hall–Kier alpha value is -2.50. The smallest absolute Gasteiger partial charge is 0.162 e. The van der Waals surface area contributed by atoms with Crippen LogP contribution in [0.5, 0.6) is 11.5 Å². The zero-order valence-electron chi connectivity index (χ0n) is 16.1. The van der Waals surface area contributed by atoms with Gasteiger partial charge in [-0.2, -0.15) is 0 Å². The van der Waals surface area contributed by atoms with Crippen molar-refractivity contribution in [3.05, 3.63) is 65.2 Å². The number of para-hydroxylation sites is 1. The molecule has 0 saturated heterocycles. The third-order valence-corrected chi connectivity index (χ3v) is 5.11. The molecule has 5 heteroatoms. The van der Waals surface area contributed by atoms with Gasteiger partial charge >= 0.3 is 0 Å². The van der Waals surface area contributed by atoms with Crippen LogP contribution in [-0.4, -0.2) is 39.3 Å². The quantitative estimate of drug-likeness (QED) is 0.571. The lowest BCUT2D eigenvalue weighted by Gasteiger charge is -2.26. The molecule has 1 aliphatic heterocycles. The highest BCUT2D eigenvalue weighted by molar-refractivity contribution is 5.80. The van der Waals surface area contributed by atoms with E-state index in [0.29, 0.717) is 6.61 Å². The number of nitrogens with one attached hydrogen (secondary N) is 1. The summed E-state index contributed by atoms with van der Waals surface area (Å²) in [4.78, 5) is 7.94. The zero-order valence-corrected chi connectivity index (χ0v) is 16.1. The van der Waals surface area contributed by atoms with Crippen LogP contribution in [0.3, 0.4) is 0 Å². The Morgan fingerprint density at radius 1 is 1.11 bits per heavy atom. The number of ether oxygens (including phenoxy) is 2. The van der Waals surface area contributed by atoms with Crippen molar-refractivity contribution in [2.45, 2.75) is 18.4 Å². The Balaban J connectivity index is 1.57. The van der Waals surface area contributed by atoms with Crippen LogP contribution in [0, 0.1) is 0 Å². The molecule has 5 nitrogen and oxygen atoms in total. The molecule has 1 saturated carbocycles. The van der Waals surface area contributed by atoms with Crippen molar-refractivity contribution in [3.8, 4) is 11.5 Å². The molecule has 142 valence electrons. The second kappa shape index (κ2) is 7.25. The normalized spacial score (nSPS) is 20.0. The standard InChI is InChI=1S/C22H26N2O3/c1-24(2)13-6-14-26-23-21-18-7-4-5-8-20(18)27-22(15-19(21)22)16-9-11-17(25-3)12-10-16/h4-5,7-12,23H,6,13-15H2,1-3H3. The predicted molar refractivity (Wildman–Crippen MR) is 106 cm³/mol. The van der Waals surface area contributed by atoms with Gasteiger partial charge < -0.3 is 14.4 Å². The van der Waals surface area contributed by atoms with E-state index in [1.807, 2.05) is 30.3 Å². The number of nitrogens with zero attached hydrogens (tertiary/aromatic N) is 1. The largest absolute Gasteiger partial charge is 0.497 e. The molecule has 1 fully saturated rings. The van der Waals surface area contributed by atoms with E-state index >= 15 is 0 Å². The molecule has 1 unspecified atom stereocenters. The van der Waals surface area contributed by atoms with E-state index in [1.165, 1.54) is 5.57 Å². The zero-order chi connectivity index (χ0) is 18.9. The number of hydroxylamine groups is 1. The van der Waals surface area contributed by atoms with Gasteiger partial charge in [0, 0.05) is 23.1 Å². The Labute approximate surface area is 160 Å². The lowest BCUT2D eigenvalue weighted by molar-refractivity contribution is 0.0708. The van der Waals surface area contributed by atoms with Crippen molar-refractivity contribution in [1.29, 1.82) is 0 Å². The Morgan fingerprint density at radius 3 is 2.63 bits per heavy atom. The van der Waals surface area contributed by atoms with Gasteiger partial charge in [-0.1, -0.05) is 24.3 Å². The highest BCUT2D eigenvalue weighted by Gasteiger charge is 2.58. The molecular weight excluding hydrogens is 340 g/mol. The molecular formula is C22H26N2O3. The number of hydrogen-bond donors (Lipinski definition) is 1. The van der Waals surface area contributed by atoms with E-state index in [0.717, 1.165) is 47.7 Å². The second-order valence-corrected chi connectivity index (χ2v) is 7.29. The first kappa shape index (κ1) is 17.9. The third-order valence-electron chi connectivity index (χ3n) is 5.11. The van der Waals surface area contributed by atoms with Gasteiger partial charge in [0.15, 0.2) is 5.60 Å². The Morgan fingerprint density at radius 2 is 1.89 bits per heavy atom. The minimum atomic E-state index is -0.393. The van der Waals surface area contributed by atoms with Crippen LogP contribution in [0.2, 0.25) is 0 Å². The summed E-state index contributed by atoms with van der Waals surface area (Å²) in [5, 5.41) is 0. The lowest BCUT2D eigenvalue weighted by Crippen LogP contribution is -2.25. The molecule has 0 amide bonds. The van der Waals surface area contributed by atoms with Crippen LogP contribution in [0.4, 0.5) is 0 Å². The van der Waals surface area contributed by atoms with Gasteiger partial charge in [0.25, 0.3) is 0 Å². The summed E-state index contributed by atoms with van der Waals surface area (Å²) < 4.78 is 11.7. The molecule has 2 aromatic rings. The van der Waals surface area contributed by atoms with E-state index in [9.17, 15) is 0 Å². The Kier molecular flexibility index (Phi) is 4.81. The van der Waals surface area contributed by atoms with Crippen molar-refractivity contribution in [2.75, 3.05) is 34.4 Å². The molecule has 1 N–H and O–H groups in total. The van der Waals surface area contributed by atoms with Gasteiger partial charge in [0.1, 0.15) is 11.5 Å². The van der Waals surface area contributed by atoms with Crippen LogP contribution < -0.4 is 15.0 Å². The summed E-state index contributed by atoms with van der Waals surface area (Å²) in [6.45, 7) is 1.66. The number of fused-ring (bicyclic) bond motifs is 2. The maximum atomic E-state index is 6.44. The first-order chi connectivity index (χ1) is 13.1. The maximum absolute atomic E-state index is 6.44. The van der Waals surface area contributed by atoms with Crippen LogP contribution in [0.15, 0.2) is 54.1 Å². The summed E-state index contributed by atoms with van der Waals surface area (Å²) in [6.07, 6.45) is 1.84. The fraction of sp³-hybridized carbons (Fsp3) is 0.364. The van der Waals surface area contributed by atoms with Crippen molar-refractivity contribution in [1.82, 2.24) is 10.4 Å². The summed E-state index contributed by atoms with van der Waals surface area (Å²) >= 11 is 0. The summed E-state index contributed by atoms with van der Waals surface area (Å²) in [7, 11) is 5.82. The average molecular weight is 366 g/mol. The van der Waals surface area contributed by atoms with E-state index in [1.54, 1.807) is 7.11 Å². The fourth-order valence-electron chi connectivity index (χ4n) is 3.59. The molecule has 2 aromatic carbocycles. The molecule has 2 aliphatic rings. The molecule has 1 atom stereocenters. The third kappa shape index (κ3) is 3.40. The average Bonchev–Trinajstić information content (AvgIpc) is 3.42. The number of methoxy groups -OCH3 is 1. The molecule has 0 radical (unpaired) electrons. The number of hydrogen-bond acceptors (Lipinski definition) is 5. The van der Waals surface area contributed by atoms with Crippen molar-refractivity contribution in [2.24, 2.45) is 0 Å². The maximum Gasteiger partial charge on any atom is 0.162 e. The molecule has 0 spiro atoms. The van der Waals surface area contributed by atoms with Gasteiger partial charge in [0.2, 0.25) is 0 Å². The minimum absolute atomic E-state index is 0.393. The highest BCUT2D eigenvalue weighted by atomic mass is 16.6.